The second-order valence-electron chi connectivity index (χ2n) is 6.36. The Morgan fingerprint density at radius 1 is 1.28 bits per heavy atom. The van der Waals surface area contributed by atoms with Crippen LogP contribution in [-0.2, 0) is 14.8 Å². The van der Waals surface area contributed by atoms with E-state index in [2.05, 4.69) is 5.32 Å². The largest absolute Gasteiger partial charge is 0.493 e. The SMILES string of the molecule is CCS(=O)(=O)N1CCC(NC(=O)CCCOc2ccccc2C)CC1. The molecule has 1 heterocycles. The molecule has 25 heavy (non-hydrogen) atoms. The van der Waals surface area contributed by atoms with Gasteiger partial charge in [0.05, 0.1) is 12.4 Å². The van der Waals surface area contributed by atoms with Crippen molar-refractivity contribution in [2.45, 2.75) is 45.6 Å². The number of ether oxygens (including phenoxy) is 1. The van der Waals surface area contributed by atoms with E-state index in [9.17, 15) is 13.2 Å². The topological polar surface area (TPSA) is 75.7 Å². The van der Waals surface area contributed by atoms with E-state index < -0.39 is 10.0 Å². The summed E-state index contributed by atoms with van der Waals surface area (Å²) in [6, 6.07) is 7.88. The number of sulfonamides is 1. The Balaban J connectivity index is 1.64. The molecule has 1 aliphatic heterocycles. The lowest BCUT2D eigenvalue weighted by Gasteiger charge is -2.31. The number of rotatable bonds is 8. The summed E-state index contributed by atoms with van der Waals surface area (Å²) in [5, 5.41) is 3.00. The van der Waals surface area contributed by atoms with Crippen LogP contribution in [0, 0.1) is 6.92 Å². The molecule has 0 aromatic heterocycles. The Morgan fingerprint density at radius 2 is 1.96 bits per heavy atom. The first-order chi connectivity index (χ1) is 11.9. The van der Waals surface area contributed by atoms with Crippen molar-refractivity contribution in [1.29, 1.82) is 0 Å². The molecule has 6 nitrogen and oxygen atoms in total. The quantitative estimate of drug-likeness (QED) is 0.713. The summed E-state index contributed by atoms with van der Waals surface area (Å²) in [6.45, 7) is 5.12. The second kappa shape index (κ2) is 9.20. The Labute approximate surface area is 150 Å². The molecule has 2 rings (SSSR count). The molecular formula is C18H28N2O4S. The molecule has 1 aliphatic rings. The van der Waals surface area contributed by atoms with Crippen molar-refractivity contribution in [1.82, 2.24) is 9.62 Å². The fraction of sp³-hybridized carbons (Fsp3) is 0.611. The van der Waals surface area contributed by atoms with Crippen LogP contribution in [0.1, 0.15) is 38.2 Å². The van der Waals surface area contributed by atoms with Gasteiger partial charge in [-0.25, -0.2) is 12.7 Å². The molecule has 1 aromatic rings. The number of carbonyl (C=O) groups is 1. The highest BCUT2D eigenvalue weighted by Gasteiger charge is 2.27. The number of hydrogen-bond acceptors (Lipinski definition) is 4. The highest BCUT2D eigenvalue weighted by molar-refractivity contribution is 7.89. The molecule has 1 fully saturated rings. The van der Waals surface area contributed by atoms with Gasteiger partial charge in [-0.1, -0.05) is 18.2 Å². The van der Waals surface area contributed by atoms with Gasteiger partial charge in [-0.05, 0) is 44.7 Å². The number of nitrogens with one attached hydrogen (secondary N) is 1. The van der Waals surface area contributed by atoms with Crippen molar-refractivity contribution >= 4 is 15.9 Å². The molecule has 1 amide bonds. The summed E-state index contributed by atoms with van der Waals surface area (Å²) in [5.74, 6) is 0.989. The fourth-order valence-corrected chi connectivity index (χ4v) is 4.03. The lowest BCUT2D eigenvalue weighted by molar-refractivity contribution is -0.122. The Hall–Kier alpha value is -1.60. The smallest absolute Gasteiger partial charge is 0.220 e. The van der Waals surface area contributed by atoms with Crippen molar-refractivity contribution in [3.63, 3.8) is 0 Å². The zero-order chi connectivity index (χ0) is 18.3. The van der Waals surface area contributed by atoms with Crippen molar-refractivity contribution < 1.29 is 17.9 Å². The van der Waals surface area contributed by atoms with Gasteiger partial charge in [0.25, 0.3) is 0 Å². The molecule has 0 atom stereocenters. The van der Waals surface area contributed by atoms with E-state index in [1.165, 1.54) is 4.31 Å². The zero-order valence-electron chi connectivity index (χ0n) is 15.0. The van der Waals surface area contributed by atoms with E-state index in [-0.39, 0.29) is 17.7 Å². The number of carbonyl (C=O) groups excluding carboxylic acids is 1. The third-order valence-electron chi connectivity index (χ3n) is 4.48. The molecule has 0 bridgehead atoms. The first-order valence-corrected chi connectivity index (χ1v) is 10.5. The Kier molecular flexibility index (Phi) is 7.25. The molecule has 1 saturated heterocycles. The van der Waals surface area contributed by atoms with Gasteiger partial charge in [0.1, 0.15) is 5.75 Å². The molecule has 0 unspecified atom stereocenters. The Morgan fingerprint density at radius 3 is 2.60 bits per heavy atom. The van der Waals surface area contributed by atoms with Crippen molar-refractivity contribution in [2.24, 2.45) is 0 Å². The number of piperidine rings is 1. The summed E-state index contributed by atoms with van der Waals surface area (Å²) in [5.41, 5.74) is 1.08. The van der Waals surface area contributed by atoms with Crippen LogP contribution in [0.3, 0.4) is 0 Å². The first kappa shape index (κ1) is 19.7. The maximum atomic E-state index is 12.0. The van der Waals surface area contributed by atoms with Crippen LogP contribution >= 0.6 is 0 Å². The minimum Gasteiger partial charge on any atom is -0.493 e. The van der Waals surface area contributed by atoms with Gasteiger partial charge in [0, 0.05) is 25.6 Å². The van der Waals surface area contributed by atoms with E-state index >= 15 is 0 Å². The minimum absolute atomic E-state index is 0.00480. The predicted octanol–water partition coefficient (Wildman–Crippen LogP) is 2.08. The molecule has 1 aromatic carbocycles. The number of hydrogen-bond donors (Lipinski definition) is 1. The maximum absolute atomic E-state index is 12.0. The summed E-state index contributed by atoms with van der Waals surface area (Å²) in [7, 11) is -3.12. The van der Waals surface area contributed by atoms with Crippen LogP contribution in [0.15, 0.2) is 24.3 Å². The average Bonchev–Trinajstić information content (AvgIpc) is 2.60. The standard InChI is InChI=1S/C18H28N2O4S/c1-3-25(22,23)20-12-10-16(11-13-20)19-18(21)9-6-14-24-17-8-5-4-7-15(17)2/h4-5,7-8,16H,3,6,9-14H2,1-2H3,(H,19,21). The van der Waals surface area contributed by atoms with Crippen molar-refractivity contribution in [3.05, 3.63) is 29.8 Å². The van der Waals surface area contributed by atoms with E-state index in [4.69, 9.17) is 4.74 Å². The average molecular weight is 368 g/mol. The summed E-state index contributed by atoms with van der Waals surface area (Å²) < 4.78 is 30.9. The maximum Gasteiger partial charge on any atom is 0.220 e. The summed E-state index contributed by atoms with van der Waals surface area (Å²) in [6.07, 6.45) is 2.41. The van der Waals surface area contributed by atoms with Gasteiger partial charge < -0.3 is 10.1 Å². The van der Waals surface area contributed by atoms with Gasteiger partial charge in [0.2, 0.25) is 15.9 Å². The van der Waals surface area contributed by atoms with Crippen LogP contribution < -0.4 is 10.1 Å². The lowest BCUT2D eigenvalue weighted by atomic mass is 10.1. The van der Waals surface area contributed by atoms with Gasteiger partial charge in [-0.15, -0.1) is 0 Å². The van der Waals surface area contributed by atoms with Crippen LogP contribution in [0.2, 0.25) is 0 Å². The predicted molar refractivity (Wildman–Crippen MR) is 98.1 cm³/mol. The monoisotopic (exact) mass is 368 g/mol. The van der Waals surface area contributed by atoms with Crippen LogP contribution in [0.5, 0.6) is 5.75 Å². The number of aryl methyl sites for hydroxylation is 1. The molecule has 0 saturated carbocycles. The fourth-order valence-electron chi connectivity index (χ4n) is 2.89. The number of para-hydroxylation sites is 1. The molecule has 0 aliphatic carbocycles. The number of amides is 1. The van der Waals surface area contributed by atoms with E-state index in [0.29, 0.717) is 45.4 Å². The lowest BCUT2D eigenvalue weighted by Crippen LogP contribution is -2.46. The normalized spacial score (nSPS) is 16.6. The van der Waals surface area contributed by atoms with Gasteiger partial charge in [-0.3, -0.25) is 4.79 Å². The minimum atomic E-state index is -3.12. The molecule has 0 spiro atoms. The van der Waals surface area contributed by atoms with Crippen LogP contribution in [-0.4, -0.2) is 50.1 Å². The summed E-state index contributed by atoms with van der Waals surface area (Å²) in [4.78, 5) is 12.0. The highest BCUT2D eigenvalue weighted by Crippen LogP contribution is 2.17. The molecule has 7 heteroatoms. The van der Waals surface area contributed by atoms with E-state index in [1.54, 1.807) is 6.92 Å². The molecule has 140 valence electrons. The molecule has 1 N–H and O–H groups in total. The highest BCUT2D eigenvalue weighted by atomic mass is 32.2. The van der Waals surface area contributed by atoms with Crippen LogP contribution in [0.25, 0.3) is 0 Å². The second-order valence-corrected chi connectivity index (χ2v) is 8.62. The third-order valence-corrected chi connectivity index (χ3v) is 6.36. The van der Waals surface area contributed by atoms with Gasteiger partial charge in [0.15, 0.2) is 0 Å². The van der Waals surface area contributed by atoms with E-state index in [0.717, 1.165) is 11.3 Å². The molecule has 0 radical (unpaired) electrons. The number of benzene rings is 1. The zero-order valence-corrected chi connectivity index (χ0v) is 15.8. The first-order valence-electron chi connectivity index (χ1n) is 8.88. The third kappa shape index (κ3) is 6.01. The van der Waals surface area contributed by atoms with E-state index in [1.807, 2.05) is 31.2 Å². The summed E-state index contributed by atoms with van der Waals surface area (Å²) >= 11 is 0. The van der Waals surface area contributed by atoms with Crippen molar-refractivity contribution in [3.8, 4) is 5.75 Å². The Bertz CT molecular complexity index is 667. The van der Waals surface area contributed by atoms with Gasteiger partial charge in [-0.2, -0.15) is 0 Å². The molecular weight excluding hydrogens is 340 g/mol. The van der Waals surface area contributed by atoms with Crippen LogP contribution in [0.4, 0.5) is 0 Å². The number of nitrogens with zero attached hydrogens (tertiary/aromatic N) is 1. The van der Waals surface area contributed by atoms with Gasteiger partial charge >= 0.3 is 0 Å². The van der Waals surface area contributed by atoms with Crippen molar-refractivity contribution in [2.75, 3.05) is 25.4 Å².